The van der Waals surface area contributed by atoms with Crippen LogP contribution in [0, 0.1) is 11.8 Å². The van der Waals surface area contributed by atoms with Gasteiger partial charge in [-0.25, -0.2) is 0 Å². The van der Waals surface area contributed by atoms with Crippen molar-refractivity contribution >= 4 is 17.2 Å². The molecular weight excluding hydrogens is 396 g/mol. The first-order valence-electron chi connectivity index (χ1n) is 10.9. The summed E-state index contributed by atoms with van der Waals surface area (Å²) in [5, 5.41) is 5.24. The summed E-state index contributed by atoms with van der Waals surface area (Å²) in [6.07, 6.45) is 3.23. The van der Waals surface area contributed by atoms with Gasteiger partial charge >= 0.3 is 0 Å². The molecule has 1 fully saturated rings. The highest BCUT2D eigenvalue weighted by atomic mass is 32.1. The van der Waals surface area contributed by atoms with Gasteiger partial charge in [-0.3, -0.25) is 9.69 Å². The van der Waals surface area contributed by atoms with Crippen molar-refractivity contribution in [1.82, 2.24) is 10.2 Å². The largest absolute Gasteiger partial charge is 0.493 e. The molecule has 0 spiro atoms. The quantitative estimate of drug-likeness (QED) is 0.587. The fraction of sp³-hybridized carbons (Fsp3) is 0.542. The lowest BCUT2D eigenvalue weighted by Gasteiger charge is -2.31. The lowest BCUT2D eigenvalue weighted by atomic mass is 9.96. The fourth-order valence-corrected chi connectivity index (χ4v) is 4.39. The molecule has 0 saturated carbocycles. The van der Waals surface area contributed by atoms with Gasteiger partial charge in [0.25, 0.3) is 5.91 Å². The summed E-state index contributed by atoms with van der Waals surface area (Å²) >= 11 is 1.82. The van der Waals surface area contributed by atoms with Crippen LogP contribution in [-0.4, -0.2) is 44.2 Å². The maximum absolute atomic E-state index is 12.6. The normalized spacial score (nSPS) is 15.3. The van der Waals surface area contributed by atoms with E-state index in [9.17, 15) is 4.79 Å². The average Bonchev–Trinajstić information content (AvgIpc) is 3.26. The first kappa shape index (κ1) is 22.6. The van der Waals surface area contributed by atoms with E-state index in [0.717, 1.165) is 45.4 Å². The maximum Gasteiger partial charge on any atom is 0.251 e. The number of piperidine rings is 1. The smallest absolute Gasteiger partial charge is 0.251 e. The molecule has 1 aliphatic heterocycles. The molecule has 0 aliphatic carbocycles. The molecule has 1 aromatic carbocycles. The number of amides is 1. The number of ether oxygens (including phenoxy) is 2. The Kier molecular flexibility index (Phi) is 8.58. The van der Waals surface area contributed by atoms with E-state index in [1.54, 1.807) is 13.2 Å². The number of thiophene rings is 1. The molecule has 5 nitrogen and oxygen atoms in total. The van der Waals surface area contributed by atoms with Crippen LogP contribution in [-0.2, 0) is 6.54 Å². The van der Waals surface area contributed by atoms with Crippen LogP contribution in [0.15, 0.2) is 35.7 Å². The number of benzene rings is 1. The highest BCUT2D eigenvalue weighted by Crippen LogP contribution is 2.28. The lowest BCUT2D eigenvalue weighted by molar-refractivity contribution is 0.0935. The molecule has 2 heterocycles. The molecule has 3 rings (SSSR count). The number of carbonyl (C=O) groups is 1. The summed E-state index contributed by atoms with van der Waals surface area (Å²) in [6, 6.07) is 9.72. The Bertz CT molecular complexity index is 784. The van der Waals surface area contributed by atoms with E-state index in [4.69, 9.17) is 9.47 Å². The van der Waals surface area contributed by atoms with E-state index in [1.165, 1.54) is 4.88 Å². The molecule has 30 heavy (non-hydrogen) atoms. The molecule has 164 valence electrons. The van der Waals surface area contributed by atoms with Crippen LogP contribution < -0.4 is 14.8 Å². The van der Waals surface area contributed by atoms with E-state index >= 15 is 0 Å². The Morgan fingerprint density at radius 2 is 2.03 bits per heavy atom. The summed E-state index contributed by atoms with van der Waals surface area (Å²) < 4.78 is 11.2. The van der Waals surface area contributed by atoms with Crippen LogP contribution in [0.2, 0.25) is 0 Å². The topological polar surface area (TPSA) is 50.8 Å². The Hall–Kier alpha value is -2.05. The fourth-order valence-electron chi connectivity index (χ4n) is 3.64. The van der Waals surface area contributed by atoms with Crippen molar-refractivity contribution in [1.29, 1.82) is 0 Å². The standard InChI is InChI=1S/C24H34N2O3S/c1-18(2)10-13-29-22-7-6-20(15-23(22)28-3)24(27)25-16-19-8-11-26(12-9-19)17-21-5-4-14-30-21/h4-7,14-15,18-19H,8-13,16-17H2,1-3H3,(H,25,27). The second-order valence-corrected chi connectivity index (χ2v) is 9.44. The van der Waals surface area contributed by atoms with Gasteiger partial charge in [0.15, 0.2) is 11.5 Å². The predicted molar refractivity (Wildman–Crippen MR) is 123 cm³/mol. The number of methoxy groups -OCH3 is 1. The van der Waals surface area contributed by atoms with Crippen molar-refractivity contribution in [2.45, 2.75) is 39.7 Å². The molecule has 1 aromatic heterocycles. The van der Waals surface area contributed by atoms with Gasteiger partial charge in [0.2, 0.25) is 0 Å². The van der Waals surface area contributed by atoms with E-state index in [2.05, 4.69) is 41.6 Å². The third-order valence-electron chi connectivity index (χ3n) is 5.60. The van der Waals surface area contributed by atoms with E-state index in [0.29, 0.717) is 35.5 Å². The molecule has 1 aliphatic rings. The van der Waals surface area contributed by atoms with Crippen LogP contribution >= 0.6 is 11.3 Å². The highest BCUT2D eigenvalue weighted by molar-refractivity contribution is 7.09. The molecule has 6 heteroatoms. The number of hydrogen-bond acceptors (Lipinski definition) is 5. The van der Waals surface area contributed by atoms with Crippen molar-refractivity contribution in [3.05, 3.63) is 46.2 Å². The summed E-state index contributed by atoms with van der Waals surface area (Å²) in [5.41, 5.74) is 0.609. The molecule has 0 atom stereocenters. The van der Waals surface area contributed by atoms with Crippen molar-refractivity contribution in [2.75, 3.05) is 33.4 Å². The Labute approximate surface area is 184 Å². The summed E-state index contributed by atoms with van der Waals surface area (Å²) in [4.78, 5) is 16.6. The predicted octanol–water partition coefficient (Wildman–Crippen LogP) is 4.82. The monoisotopic (exact) mass is 430 g/mol. The third-order valence-corrected chi connectivity index (χ3v) is 6.46. The first-order valence-corrected chi connectivity index (χ1v) is 11.8. The van der Waals surface area contributed by atoms with Gasteiger partial charge in [0.05, 0.1) is 13.7 Å². The van der Waals surface area contributed by atoms with Crippen molar-refractivity contribution in [3.63, 3.8) is 0 Å². The van der Waals surface area contributed by atoms with Crippen LogP contribution in [0.1, 0.15) is 48.3 Å². The van der Waals surface area contributed by atoms with Gasteiger partial charge in [0.1, 0.15) is 0 Å². The molecule has 1 amide bonds. The first-order chi connectivity index (χ1) is 14.5. The second kappa shape index (κ2) is 11.4. The van der Waals surface area contributed by atoms with Gasteiger partial charge in [-0.05, 0) is 73.8 Å². The molecule has 0 unspecified atom stereocenters. The average molecular weight is 431 g/mol. The Morgan fingerprint density at radius 3 is 2.70 bits per heavy atom. The van der Waals surface area contributed by atoms with Crippen LogP contribution in [0.4, 0.5) is 0 Å². The molecule has 2 aromatic rings. The lowest BCUT2D eigenvalue weighted by Crippen LogP contribution is -2.38. The van der Waals surface area contributed by atoms with Crippen molar-refractivity contribution < 1.29 is 14.3 Å². The number of hydrogen-bond donors (Lipinski definition) is 1. The zero-order valence-corrected chi connectivity index (χ0v) is 19.2. The number of carbonyl (C=O) groups excluding carboxylic acids is 1. The molecule has 1 N–H and O–H groups in total. The van der Waals surface area contributed by atoms with Crippen LogP contribution in [0.5, 0.6) is 11.5 Å². The van der Waals surface area contributed by atoms with Gasteiger partial charge in [-0.2, -0.15) is 0 Å². The van der Waals surface area contributed by atoms with E-state index in [1.807, 2.05) is 23.5 Å². The van der Waals surface area contributed by atoms with E-state index in [-0.39, 0.29) is 5.91 Å². The molecule has 0 radical (unpaired) electrons. The van der Waals surface area contributed by atoms with Crippen LogP contribution in [0.25, 0.3) is 0 Å². The maximum atomic E-state index is 12.6. The van der Waals surface area contributed by atoms with Crippen molar-refractivity contribution in [2.24, 2.45) is 11.8 Å². The molecular formula is C24H34N2O3S. The van der Waals surface area contributed by atoms with Gasteiger partial charge < -0.3 is 14.8 Å². The number of nitrogens with one attached hydrogen (secondary N) is 1. The summed E-state index contributed by atoms with van der Waals surface area (Å²) in [6.45, 7) is 8.93. The van der Waals surface area contributed by atoms with Crippen molar-refractivity contribution in [3.8, 4) is 11.5 Å². The highest BCUT2D eigenvalue weighted by Gasteiger charge is 2.20. The van der Waals surface area contributed by atoms with Gasteiger partial charge in [0, 0.05) is 23.5 Å². The van der Waals surface area contributed by atoms with Gasteiger partial charge in [-0.1, -0.05) is 19.9 Å². The van der Waals surface area contributed by atoms with Gasteiger partial charge in [-0.15, -0.1) is 11.3 Å². The minimum Gasteiger partial charge on any atom is -0.493 e. The minimum absolute atomic E-state index is 0.0527. The molecule has 0 bridgehead atoms. The number of likely N-dealkylation sites (tertiary alicyclic amines) is 1. The third kappa shape index (κ3) is 6.74. The summed E-state index contributed by atoms with van der Waals surface area (Å²) in [7, 11) is 1.61. The van der Waals surface area contributed by atoms with E-state index < -0.39 is 0 Å². The second-order valence-electron chi connectivity index (χ2n) is 8.41. The number of rotatable bonds is 10. The zero-order valence-electron chi connectivity index (χ0n) is 18.4. The molecule has 1 saturated heterocycles. The van der Waals surface area contributed by atoms with Crippen LogP contribution in [0.3, 0.4) is 0 Å². The summed E-state index contributed by atoms with van der Waals surface area (Å²) in [5.74, 6) is 2.36. The number of nitrogens with zero attached hydrogens (tertiary/aromatic N) is 1. The minimum atomic E-state index is -0.0527. The SMILES string of the molecule is COc1cc(C(=O)NCC2CCN(Cc3cccs3)CC2)ccc1OCCC(C)C. The Morgan fingerprint density at radius 1 is 1.23 bits per heavy atom. The Balaban J connectivity index is 1.44. The zero-order chi connectivity index (χ0) is 21.3.